The van der Waals surface area contributed by atoms with Gasteiger partial charge in [0.2, 0.25) is 5.91 Å². The van der Waals surface area contributed by atoms with E-state index < -0.39 is 36.4 Å². The summed E-state index contributed by atoms with van der Waals surface area (Å²) in [4.78, 5) is 35.0. The maximum Gasteiger partial charge on any atom is 0.405 e. The fourth-order valence-corrected chi connectivity index (χ4v) is 2.73. The number of carbonyl (C=O) groups excluding carboxylic acids is 2. The van der Waals surface area contributed by atoms with Crippen LogP contribution in [-0.4, -0.2) is 51.6 Å². The van der Waals surface area contributed by atoms with E-state index in [4.69, 9.17) is 0 Å². The molecule has 8 nitrogen and oxygen atoms in total. The van der Waals surface area contributed by atoms with Crippen LogP contribution in [0, 0.1) is 11.7 Å². The van der Waals surface area contributed by atoms with Crippen molar-refractivity contribution in [3.8, 4) is 11.4 Å². The van der Waals surface area contributed by atoms with Crippen LogP contribution < -0.4 is 16.0 Å². The van der Waals surface area contributed by atoms with Gasteiger partial charge in [-0.15, -0.1) is 0 Å². The fraction of sp³-hybridized carbons (Fsp3) is 0.474. The van der Waals surface area contributed by atoms with Crippen LogP contribution in [0.5, 0.6) is 0 Å². The summed E-state index contributed by atoms with van der Waals surface area (Å²) in [5, 5.41) is 7.17. The number of H-pyrrole nitrogens is 1. The molecule has 1 saturated carbocycles. The van der Waals surface area contributed by atoms with Crippen LogP contribution in [0.25, 0.3) is 11.4 Å². The molecule has 0 aliphatic heterocycles. The Morgan fingerprint density at radius 3 is 2.61 bits per heavy atom. The Kier molecular flexibility index (Phi) is 6.46. The van der Waals surface area contributed by atoms with Gasteiger partial charge in [-0.25, -0.2) is 14.4 Å². The molecule has 31 heavy (non-hydrogen) atoms. The standard InChI is InChI=1S/C19H22F4N6O2/c1-9(2)14(18(31)26-8-19(21,22)23)28-16-12(20)7-25-15(29-16)10-5-13(24-6-10)17(30)27-11-3-4-11/h5-7,9,11,14,24H,3-4,8H2,1-2H3,(H,26,31)(H,27,30)(H,25,28,29)/t14-/m1/s1. The molecule has 0 unspecified atom stereocenters. The number of carbonyl (C=O) groups is 2. The number of anilines is 1. The first-order valence-corrected chi connectivity index (χ1v) is 9.66. The first-order valence-electron chi connectivity index (χ1n) is 9.66. The van der Waals surface area contributed by atoms with Crippen LogP contribution in [0.4, 0.5) is 23.4 Å². The number of halogens is 4. The Morgan fingerprint density at radius 2 is 2.00 bits per heavy atom. The van der Waals surface area contributed by atoms with Crippen LogP contribution in [0.2, 0.25) is 0 Å². The van der Waals surface area contributed by atoms with E-state index in [0.717, 1.165) is 19.0 Å². The summed E-state index contributed by atoms with van der Waals surface area (Å²) in [5.41, 5.74) is 0.697. The number of aromatic amines is 1. The third-order valence-corrected chi connectivity index (χ3v) is 4.55. The van der Waals surface area contributed by atoms with Gasteiger partial charge in [-0.05, 0) is 24.8 Å². The molecule has 0 aromatic carbocycles. The number of amides is 2. The van der Waals surface area contributed by atoms with Gasteiger partial charge in [0.15, 0.2) is 17.5 Å². The Bertz CT molecular complexity index is 955. The van der Waals surface area contributed by atoms with E-state index in [-0.39, 0.29) is 29.3 Å². The van der Waals surface area contributed by atoms with Crippen LogP contribution in [-0.2, 0) is 4.79 Å². The van der Waals surface area contributed by atoms with E-state index in [0.29, 0.717) is 5.56 Å². The average molecular weight is 442 g/mol. The van der Waals surface area contributed by atoms with Crippen LogP contribution in [0.3, 0.4) is 0 Å². The zero-order valence-corrected chi connectivity index (χ0v) is 16.8. The van der Waals surface area contributed by atoms with Gasteiger partial charge in [-0.2, -0.15) is 13.2 Å². The number of alkyl halides is 3. The molecule has 0 bridgehead atoms. The van der Waals surface area contributed by atoms with Gasteiger partial charge in [-0.3, -0.25) is 9.59 Å². The van der Waals surface area contributed by atoms with Crippen molar-refractivity contribution in [3.05, 3.63) is 30.0 Å². The molecule has 0 saturated heterocycles. The molecule has 3 rings (SSSR count). The van der Waals surface area contributed by atoms with E-state index in [9.17, 15) is 27.2 Å². The molecular formula is C19H22F4N6O2. The summed E-state index contributed by atoms with van der Waals surface area (Å²) < 4.78 is 51.5. The second-order valence-electron chi connectivity index (χ2n) is 7.64. The number of nitrogens with one attached hydrogen (secondary N) is 4. The average Bonchev–Trinajstić information content (AvgIpc) is 3.36. The summed E-state index contributed by atoms with van der Waals surface area (Å²) in [6.45, 7) is 1.70. The molecule has 4 N–H and O–H groups in total. The molecule has 1 atom stereocenters. The molecule has 2 aromatic rings. The van der Waals surface area contributed by atoms with E-state index in [1.807, 2.05) is 0 Å². The molecule has 1 fully saturated rings. The Hall–Kier alpha value is -3.18. The molecule has 168 valence electrons. The van der Waals surface area contributed by atoms with Crippen molar-refractivity contribution in [3.63, 3.8) is 0 Å². The van der Waals surface area contributed by atoms with Crippen LogP contribution in [0.1, 0.15) is 37.2 Å². The monoisotopic (exact) mass is 442 g/mol. The van der Waals surface area contributed by atoms with Gasteiger partial charge in [-0.1, -0.05) is 13.8 Å². The van der Waals surface area contributed by atoms with E-state index in [1.54, 1.807) is 19.2 Å². The molecule has 0 spiro atoms. The van der Waals surface area contributed by atoms with Gasteiger partial charge < -0.3 is 20.9 Å². The van der Waals surface area contributed by atoms with Crippen molar-refractivity contribution in [1.82, 2.24) is 25.6 Å². The second kappa shape index (κ2) is 8.90. The Balaban J connectivity index is 1.75. The molecular weight excluding hydrogens is 420 g/mol. The molecule has 2 amide bonds. The molecule has 12 heteroatoms. The van der Waals surface area contributed by atoms with Crippen molar-refractivity contribution in [1.29, 1.82) is 0 Å². The minimum atomic E-state index is -4.57. The largest absolute Gasteiger partial charge is 0.405 e. The zero-order valence-electron chi connectivity index (χ0n) is 16.8. The summed E-state index contributed by atoms with van der Waals surface area (Å²) in [5.74, 6) is -2.82. The quantitative estimate of drug-likeness (QED) is 0.470. The minimum absolute atomic E-state index is 0.0730. The lowest BCUT2D eigenvalue weighted by Crippen LogP contribution is -2.46. The molecule has 2 heterocycles. The number of aromatic nitrogens is 3. The lowest BCUT2D eigenvalue weighted by molar-refractivity contribution is -0.139. The highest BCUT2D eigenvalue weighted by atomic mass is 19.4. The van der Waals surface area contributed by atoms with Crippen molar-refractivity contribution >= 4 is 17.6 Å². The van der Waals surface area contributed by atoms with Crippen molar-refractivity contribution in [2.24, 2.45) is 5.92 Å². The maximum absolute atomic E-state index is 14.3. The Morgan fingerprint density at radius 1 is 1.29 bits per heavy atom. The predicted molar refractivity (Wildman–Crippen MR) is 104 cm³/mol. The van der Waals surface area contributed by atoms with E-state index in [2.05, 4.69) is 25.6 Å². The van der Waals surface area contributed by atoms with Crippen molar-refractivity contribution < 1.29 is 27.2 Å². The van der Waals surface area contributed by atoms with E-state index in [1.165, 1.54) is 12.3 Å². The number of rotatable bonds is 8. The normalized spacial score (nSPS) is 14.9. The van der Waals surface area contributed by atoms with Crippen molar-refractivity contribution in [2.45, 2.75) is 44.9 Å². The van der Waals surface area contributed by atoms with Gasteiger partial charge in [0, 0.05) is 17.8 Å². The predicted octanol–water partition coefficient (Wildman–Crippen LogP) is 2.62. The highest BCUT2D eigenvalue weighted by Crippen LogP contribution is 2.23. The summed E-state index contributed by atoms with van der Waals surface area (Å²) in [7, 11) is 0. The van der Waals surface area contributed by atoms with Crippen molar-refractivity contribution in [2.75, 3.05) is 11.9 Å². The van der Waals surface area contributed by atoms with Crippen LogP contribution >= 0.6 is 0 Å². The Labute approximate surface area is 175 Å². The summed E-state index contributed by atoms with van der Waals surface area (Å²) >= 11 is 0. The first kappa shape index (κ1) is 22.5. The van der Waals surface area contributed by atoms with Gasteiger partial charge in [0.1, 0.15) is 18.3 Å². The highest BCUT2D eigenvalue weighted by Gasteiger charge is 2.31. The first-order chi connectivity index (χ1) is 14.5. The second-order valence-corrected chi connectivity index (χ2v) is 7.64. The highest BCUT2D eigenvalue weighted by molar-refractivity contribution is 5.94. The molecule has 1 aliphatic carbocycles. The third-order valence-electron chi connectivity index (χ3n) is 4.55. The molecule has 2 aromatic heterocycles. The fourth-order valence-electron chi connectivity index (χ4n) is 2.73. The number of nitrogens with zero attached hydrogens (tertiary/aromatic N) is 2. The SMILES string of the molecule is CC(C)[C@@H](Nc1nc(-c2c[nH]c(C(=O)NC3CC3)c2)ncc1F)C(=O)NCC(F)(F)F. The van der Waals surface area contributed by atoms with Gasteiger partial charge in [0.25, 0.3) is 5.91 Å². The van der Waals surface area contributed by atoms with E-state index >= 15 is 0 Å². The third kappa shape index (κ3) is 6.15. The topological polar surface area (TPSA) is 112 Å². The molecule has 0 radical (unpaired) electrons. The lowest BCUT2D eigenvalue weighted by atomic mass is 10.0. The summed E-state index contributed by atoms with van der Waals surface area (Å²) in [6, 6.07) is 0.518. The van der Waals surface area contributed by atoms with Gasteiger partial charge in [0.05, 0.1) is 6.20 Å². The smallest absolute Gasteiger partial charge is 0.356 e. The number of hydrogen-bond donors (Lipinski definition) is 4. The summed E-state index contributed by atoms with van der Waals surface area (Å²) in [6.07, 6.45) is -0.338. The lowest BCUT2D eigenvalue weighted by Gasteiger charge is -2.23. The van der Waals surface area contributed by atoms with Crippen LogP contribution in [0.15, 0.2) is 18.5 Å². The van der Waals surface area contributed by atoms with Gasteiger partial charge >= 0.3 is 6.18 Å². The maximum atomic E-state index is 14.3. The molecule has 1 aliphatic rings. The minimum Gasteiger partial charge on any atom is -0.356 e. The number of hydrogen-bond acceptors (Lipinski definition) is 5. The zero-order chi connectivity index (χ0) is 22.8.